The maximum absolute atomic E-state index is 13.3. The summed E-state index contributed by atoms with van der Waals surface area (Å²) in [6, 6.07) is 18.3. The number of ether oxygens (including phenoxy) is 2. The maximum Gasteiger partial charge on any atom is 0.308 e. The lowest BCUT2D eigenvalue weighted by Gasteiger charge is -2.40. The van der Waals surface area contributed by atoms with Gasteiger partial charge in [-0.05, 0) is 68.2 Å². The van der Waals surface area contributed by atoms with Crippen molar-refractivity contribution >= 4 is 23.2 Å². The number of carbonyl (C=O) groups excluding carboxylic acids is 2. The number of hydrogen-bond acceptors (Lipinski definition) is 5. The molecule has 5 nitrogen and oxygen atoms in total. The van der Waals surface area contributed by atoms with Gasteiger partial charge in [0, 0.05) is 15.8 Å². The molecule has 1 aromatic heterocycles. The Balaban J connectivity index is 1.29. The first-order chi connectivity index (χ1) is 16.4. The number of esters is 1. The molecule has 0 radical (unpaired) electrons. The third-order valence-electron chi connectivity index (χ3n) is 7.29. The van der Waals surface area contributed by atoms with Crippen molar-refractivity contribution in [1.82, 2.24) is 5.32 Å². The summed E-state index contributed by atoms with van der Waals surface area (Å²) in [5.74, 6) is 1.92. The van der Waals surface area contributed by atoms with E-state index in [1.54, 1.807) is 11.3 Å². The van der Waals surface area contributed by atoms with Gasteiger partial charge < -0.3 is 14.8 Å². The van der Waals surface area contributed by atoms with Gasteiger partial charge >= 0.3 is 5.97 Å². The van der Waals surface area contributed by atoms with Crippen molar-refractivity contribution in [2.75, 3.05) is 7.11 Å². The van der Waals surface area contributed by atoms with E-state index in [4.69, 9.17) is 9.47 Å². The number of hydrogen-bond donors (Lipinski definition) is 1. The molecule has 4 atom stereocenters. The molecule has 2 saturated carbocycles. The first kappa shape index (κ1) is 22.7. The number of aryl methyl sites for hydroxylation is 2. The summed E-state index contributed by atoms with van der Waals surface area (Å²) < 4.78 is 11.2. The maximum atomic E-state index is 13.3. The fraction of sp³-hybridized carbons (Fsp3) is 0.357. The van der Waals surface area contributed by atoms with Gasteiger partial charge in [0.25, 0.3) is 5.91 Å². The highest BCUT2D eigenvalue weighted by atomic mass is 32.1. The molecule has 2 fully saturated rings. The van der Waals surface area contributed by atoms with Gasteiger partial charge in [-0.2, -0.15) is 0 Å². The van der Waals surface area contributed by atoms with Crippen LogP contribution in [0.25, 0.3) is 11.1 Å². The van der Waals surface area contributed by atoms with E-state index in [0.29, 0.717) is 28.9 Å². The fourth-order valence-electron chi connectivity index (χ4n) is 5.50. The highest BCUT2D eigenvalue weighted by Crippen LogP contribution is 2.50. The van der Waals surface area contributed by atoms with Crippen molar-refractivity contribution in [3.63, 3.8) is 0 Å². The molecule has 176 valence electrons. The van der Waals surface area contributed by atoms with E-state index in [9.17, 15) is 9.59 Å². The van der Waals surface area contributed by atoms with Crippen LogP contribution in [-0.2, 0) is 9.53 Å². The van der Waals surface area contributed by atoms with Gasteiger partial charge in [-0.1, -0.05) is 42.5 Å². The zero-order valence-electron chi connectivity index (χ0n) is 19.7. The fourth-order valence-corrected chi connectivity index (χ4v) is 6.49. The quantitative estimate of drug-likeness (QED) is 0.435. The van der Waals surface area contributed by atoms with E-state index in [-0.39, 0.29) is 23.8 Å². The molecule has 6 heteroatoms. The average Bonchev–Trinajstić information content (AvgIpc) is 3.33. The summed E-state index contributed by atoms with van der Waals surface area (Å²) in [4.78, 5) is 27.2. The molecule has 1 heterocycles. The van der Waals surface area contributed by atoms with E-state index < -0.39 is 0 Å². The first-order valence-electron chi connectivity index (χ1n) is 11.8. The predicted octanol–water partition coefficient (Wildman–Crippen LogP) is 6.14. The largest absolute Gasteiger partial charge is 0.469 e. The normalized spacial score (nSPS) is 23.0. The van der Waals surface area contributed by atoms with Crippen LogP contribution in [0.15, 0.2) is 54.6 Å². The average molecular weight is 476 g/mol. The summed E-state index contributed by atoms with van der Waals surface area (Å²) in [6.45, 7) is 3.95. The van der Waals surface area contributed by atoms with E-state index in [1.165, 1.54) is 7.11 Å². The summed E-state index contributed by atoms with van der Waals surface area (Å²) >= 11 is 1.58. The molecule has 0 spiro atoms. The number of amides is 1. The Morgan fingerprint density at radius 1 is 0.912 bits per heavy atom. The summed E-state index contributed by atoms with van der Waals surface area (Å²) in [7, 11) is 1.44. The molecular formula is C28H29NO4S. The number of rotatable bonds is 6. The number of benzene rings is 2. The molecule has 2 aromatic carbocycles. The molecular weight excluding hydrogens is 446 g/mol. The van der Waals surface area contributed by atoms with E-state index in [1.807, 2.05) is 56.3 Å². The zero-order valence-corrected chi connectivity index (χ0v) is 20.5. The summed E-state index contributed by atoms with van der Waals surface area (Å²) in [5, 5.41) is 3.23. The molecule has 2 aliphatic carbocycles. The minimum absolute atomic E-state index is 0.0372. The Hall–Kier alpha value is -3.12. The van der Waals surface area contributed by atoms with Gasteiger partial charge in [0.05, 0.1) is 18.6 Å². The smallest absolute Gasteiger partial charge is 0.308 e. The Morgan fingerprint density at radius 3 is 2.32 bits per heavy atom. The van der Waals surface area contributed by atoms with Gasteiger partial charge in [0.15, 0.2) is 5.75 Å². The number of methoxy groups -OCH3 is 1. The minimum Gasteiger partial charge on any atom is -0.469 e. The lowest BCUT2D eigenvalue weighted by atomic mass is 9.71. The van der Waals surface area contributed by atoms with Crippen LogP contribution in [0, 0.1) is 31.6 Å². The summed E-state index contributed by atoms with van der Waals surface area (Å²) in [5.41, 5.74) is 2.88. The van der Waals surface area contributed by atoms with Crippen molar-refractivity contribution in [3.05, 3.63) is 69.9 Å². The van der Waals surface area contributed by atoms with E-state index >= 15 is 0 Å². The molecule has 0 bridgehead atoms. The van der Waals surface area contributed by atoms with Crippen LogP contribution in [0.4, 0.5) is 0 Å². The number of nitrogens with one attached hydrogen (secondary N) is 1. The molecule has 0 aliphatic heterocycles. The van der Waals surface area contributed by atoms with E-state index in [2.05, 4.69) is 17.4 Å². The van der Waals surface area contributed by atoms with Crippen LogP contribution in [0.5, 0.6) is 11.5 Å². The van der Waals surface area contributed by atoms with Crippen LogP contribution in [0.3, 0.4) is 0 Å². The van der Waals surface area contributed by atoms with Crippen molar-refractivity contribution in [1.29, 1.82) is 0 Å². The van der Waals surface area contributed by atoms with Crippen molar-refractivity contribution in [2.45, 2.75) is 39.2 Å². The van der Waals surface area contributed by atoms with Crippen molar-refractivity contribution in [2.24, 2.45) is 17.8 Å². The Kier molecular flexibility index (Phi) is 6.17. The Labute approximate surface area is 204 Å². The summed E-state index contributed by atoms with van der Waals surface area (Å²) in [6.07, 6.45) is 2.58. The van der Waals surface area contributed by atoms with Crippen LogP contribution in [-0.4, -0.2) is 25.0 Å². The molecule has 5 rings (SSSR count). The second-order valence-electron chi connectivity index (χ2n) is 9.34. The standard InChI is InChI=1S/C28H29NO4S/c1-16-25(27(30)29-24-15-20-13-21(14-23(20)24)28(31)32-3)26(17(2)34-16)33-22-11-9-19(10-12-22)18-7-5-4-6-8-18/h4-12,20-21,23-24H,13-15H2,1-3H3,(H,29,30). The zero-order chi connectivity index (χ0) is 23.8. The lowest BCUT2D eigenvalue weighted by molar-refractivity contribution is -0.145. The van der Waals surface area contributed by atoms with Gasteiger partial charge in [0.1, 0.15) is 5.75 Å². The molecule has 0 saturated heterocycles. The van der Waals surface area contributed by atoms with Gasteiger partial charge in [-0.15, -0.1) is 11.3 Å². The molecule has 4 unspecified atom stereocenters. The monoisotopic (exact) mass is 475 g/mol. The number of thiophene rings is 1. The molecule has 1 amide bonds. The lowest BCUT2D eigenvalue weighted by Crippen LogP contribution is -2.50. The topological polar surface area (TPSA) is 64.6 Å². The Morgan fingerprint density at radius 2 is 1.62 bits per heavy atom. The van der Waals surface area contributed by atoms with E-state index in [0.717, 1.165) is 40.1 Å². The Bertz CT molecular complexity index is 1200. The molecule has 34 heavy (non-hydrogen) atoms. The molecule has 3 aromatic rings. The first-order valence-corrected chi connectivity index (χ1v) is 12.6. The highest BCUT2D eigenvalue weighted by molar-refractivity contribution is 7.12. The highest BCUT2D eigenvalue weighted by Gasteiger charge is 2.50. The molecule has 1 N–H and O–H groups in total. The predicted molar refractivity (Wildman–Crippen MR) is 133 cm³/mol. The van der Waals surface area contributed by atoms with Crippen LogP contribution < -0.4 is 10.1 Å². The van der Waals surface area contributed by atoms with Crippen molar-refractivity contribution in [3.8, 4) is 22.6 Å². The van der Waals surface area contributed by atoms with Gasteiger partial charge in [0.2, 0.25) is 0 Å². The third kappa shape index (κ3) is 4.23. The molecule has 2 aliphatic rings. The van der Waals surface area contributed by atoms with Crippen LogP contribution in [0.2, 0.25) is 0 Å². The second-order valence-corrected chi connectivity index (χ2v) is 10.8. The minimum atomic E-state index is -0.127. The van der Waals surface area contributed by atoms with Gasteiger partial charge in [-0.25, -0.2) is 0 Å². The number of carbonyl (C=O) groups is 2. The van der Waals surface area contributed by atoms with Crippen molar-refractivity contribution < 1.29 is 19.1 Å². The second kappa shape index (κ2) is 9.26. The number of fused-ring (bicyclic) bond motifs is 1. The SMILES string of the molecule is COC(=O)C1CC2CC(NC(=O)c3c(C)sc(C)c3Oc3ccc(-c4ccccc4)cc3)C2C1. The van der Waals surface area contributed by atoms with Crippen LogP contribution >= 0.6 is 11.3 Å². The van der Waals surface area contributed by atoms with Gasteiger partial charge in [-0.3, -0.25) is 9.59 Å². The third-order valence-corrected chi connectivity index (χ3v) is 8.29. The van der Waals surface area contributed by atoms with Crippen LogP contribution in [0.1, 0.15) is 39.4 Å².